The first kappa shape index (κ1) is 16.8. The van der Waals surface area contributed by atoms with Crippen molar-refractivity contribution in [2.45, 2.75) is 13.1 Å². The Balaban J connectivity index is 1.96. The third-order valence-electron chi connectivity index (χ3n) is 3.26. The fraction of sp³-hybridized carbons (Fsp3) is 0.188. The molecule has 2 N–H and O–H groups in total. The maximum absolute atomic E-state index is 11.0. The summed E-state index contributed by atoms with van der Waals surface area (Å²) in [7, 11) is 1.64. The van der Waals surface area contributed by atoms with E-state index in [0.717, 1.165) is 5.56 Å². The van der Waals surface area contributed by atoms with Crippen molar-refractivity contribution in [1.82, 2.24) is 10.6 Å². The van der Waals surface area contributed by atoms with Gasteiger partial charge in [-0.15, -0.1) is 0 Å². The van der Waals surface area contributed by atoms with Gasteiger partial charge in [0.15, 0.2) is 5.96 Å². The van der Waals surface area contributed by atoms with Crippen LogP contribution in [-0.2, 0) is 13.1 Å². The zero-order valence-electron chi connectivity index (χ0n) is 12.6. The molecule has 6 nitrogen and oxygen atoms in total. The van der Waals surface area contributed by atoms with Crippen LogP contribution in [0.4, 0.5) is 5.69 Å². The van der Waals surface area contributed by atoms with Gasteiger partial charge in [-0.2, -0.15) is 0 Å². The second-order valence-electron chi connectivity index (χ2n) is 4.76. The minimum absolute atomic E-state index is 0.0848. The van der Waals surface area contributed by atoms with Gasteiger partial charge in [-0.1, -0.05) is 48.0 Å². The van der Waals surface area contributed by atoms with Gasteiger partial charge in [-0.05, 0) is 11.6 Å². The Kier molecular flexibility index (Phi) is 5.94. The van der Waals surface area contributed by atoms with Gasteiger partial charge in [-0.25, -0.2) is 0 Å². The molecular weight excluding hydrogens is 316 g/mol. The summed E-state index contributed by atoms with van der Waals surface area (Å²) in [5.41, 5.74) is 1.63. The minimum Gasteiger partial charge on any atom is -0.352 e. The maximum Gasteiger partial charge on any atom is 0.274 e. The van der Waals surface area contributed by atoms with Gasteiger partial charge in [0.25, 0.3) is 5.69 Å². The molecule has 0 heterocycles. The van der Waals surface area contributed by atoms with E-state index in [4.69, 9.17) is 11.6 Å². The van der Waals surface area contributed by atoms with Gasteiger partial charge < -0.3 is 10.6 Å². The van der Waals surface area contributed by atoms with Crippen LogP contribution in [0.3, 0.4) is 0 Å². The van der Waals surface area contributed by atoms with Crippen LogP contribution < -0.4 is 10.6 Å². The number of rotatable bonds is 5. The number of para-hydroxylation sites is 1. The summed E-state index contributed by atoms with van der Waals surface area (Å²) in [5, 5.41) is 17.9. The molecule has 2 aromatic rings. The highest BCUT2D eigenvalue weighted by Gasteiger charge is 2.12. The average Bonchev–Trinajstić information content (AvgIpc) is 2.56. The van der Waals surface area contributed by atoms with E-state index >= 15 is 0 Å². The quantitative estimate of drug-likeness (QED) is 0.381. The van der Waals surface area contributed by atoms with Gasteiger partial charge in [0.05, 0.1) is 4.92 Å². The Hall–Kier alpha value is -2.60. The van der Waals surface area contributed by atoms with E-state index in [1.807, 2.05) is 24.3 Å². The van der Waals surface area contributed by atoms with Crippen LogP contribution in [0.5, 0.6) is 0 Å². The summed E-state index contributed by atoms with van der Waals surface area (Å²) in [5.74, 6) is 0.545. The Morgan fingerprint density at radius 2 is 1.65 bits per heavy atom. The lowest BCUT2D eigenvalue weighted by molar-refractivity contribution is -0.385. The first-order valence-corrected chi connectivity index (χ1v) is 7.40. The molecule has 7 heteroatoms. The molecule has 0 fully saturated rings. The van der Waals surface area contributed by atoms with E-state index in [2.05, 4.69) is 15.6 Å². The fourth-order valence-electron chi connectivity index (χ4n) is 2.06. The molecule has 0 aliphatic rings. The number of hydrogen-bond donors (Lipinski definition) is 2. The normalized spacial score (nSPS) is 11.1. The second kappa shape index (κ2) is 8.14. The van der Waals surface area contributed by atoms with Crippen molar-refractivity contribution >= 4 is 23.2 Å². The van der Waals surface area contributed by atoms with Crippen molar-refractivity contribution in [2.24, 2.45) is 4.99 Å². The Morgan fingerprint density at radius 1 is 1.09 bits per heavy atom. The van der Waals surface area contributed by atoms with Gasteiger partial charge >= 0.3 is 0 Å². The molecule has 0 radical (unpaired) electrons. The molecule has 2 aromatic carbocycles. The maximum atomic E-state index is 11.0. The molecule has 0 aromatic heterocycles. The van der Waals surface area contributed by atoms with Crippen molar-refractivity contribution in [3.8, 4) is 0 Å². The summed E-state index contributed by atoms with van der Waals surface area (Å²) < 4.78 is 0. The lowest BCUT2D eigenvalue weighted by Crippen LogP contribution is -2.36. The highest BCUT2D eigenvalue weighted by Crippen LogP contribution is 2.17. The molecule has 0 amide bonds. The van der Waals surface area contributed by atoms with E-state index in [0.29, 0.717) is 29.6 Å². The summed E-state index contributed by atoms with van der Waals surface area (Å²) in [6, 6.07) is 14.1. The van der Waals surface area contributed by atoms with Crippen LogP contribution in [0, 0.1) is 10.1 Å². The van der Waals surface area contributed by atoms with E-state index in [1.165, 1.54) is 6.07 Å². The monoisotopic (exact) mass is 332 g/mol. The van der Waals surface area contributed by atoms with Crippen molar-refractivity contribution < 1.29 is 4.92 Å². The SMILES string of the molecule is CN=C(NCc1ccccc1Cl)NCc1ccccc1[N+](=O)[O-]. The second-order valence-corrected chi connectivity index (χ2v) is 5.16. The zero-order chi connectivity index (χ0) is 16.7. The van der Waals surface area contributed by atoms with Gasteiger partial charge in [0.1, 0.15) is 0 Å². The van der Waals surface area contributed by atoms with E-state index in [1.54, 1.807) is 25.2 Å². The number of benzene rings is 2. The van der Waals surface area contributed by atoms with Crippen molar-refractivity contribution in [3.05, 3.63) is 74.8 Å². The van der Waals surface area contributed by atoms with Crippen molar-refractivity contribution in [1.29, 1.82) is 0 Å². The van der Waals surface area contributed by atoms with E-state index in [-0.39, 0.29) is 5.69 Å². The van der Waals surface area contributed by atoms with Crippen LogP contribution in [-0.4, -0.2) is 17.9 Å². The summed E-state index contributed by atoms with van der Waals surface area (Å²) in [6.07, 6.45) is 0. The lowest BCUT2D eigenvalue weighted by Gasteiger charge is -2.12. The number of nitrogens with one attached hydrogen (secondary N) is 2. The topological polar surface area (TPSA) is 79.6 Å². The van der Waals surface area contributed by atoms with Crippen LogP contribution in [0.1, 0.15) is 11.1 Å². The minimum atomic E-state index is -0.392. The number of halogens is 1. The van der Waals surface area contributed by atoms with Crippen LogP contribution in [0.25, 0.3) is 0 Å². The molecular formula is C16H17ClN4O2. The molecule has 0 bridgehead atoms. The Labute approximate surface area is 139 Å². The highest BCUT2D eigenvalue weighted by atomic mass is 35.5. The van der Waals surface area contributed by atoms with Gasteiger partial charge in [0.2, 0.25) is 0 Å². The molecule has 2 rings (SSSR count). The predicted octanol–water partition coefficient (Wildman–Crippen LogP) is 3.11. The fourth-order valence-corrected chi connectivity index (χ4v) is 2.26. The molecule has 120 valence electrons. The molecule has 0 aliphatic carbocycles. The smallest absolute Gasteiger partial charge is 0.274 e. The van der Waals surface area contributed by atoms with Crippen molar-refractivity contribution in [3.63, 3.8) is 0 Å². The van der Waals surface area contributed by atoms with E-state index in [9.17, 15) is 10.1 Å². The van der Waals surface area contributed by atoms with Crippen LogP contribution in [0.2, 0.25) is 5.02 Å². The molecule has 23 heavy (non-hydrogen) atoms. The Morgan fingerprint density at radius 3 is 2.26 bits per heavy atom. The number of guanidine groups is 1. The third-order valence-corrected chi connectivity index (χ3v) is 3.63. The standard InChI is InChI=1S/C16H17ClN4O2/c1-18-16(19-10-12-6-2-4-8-14(12)17)20-11-13-7-3-5-9-15(13)21(22)23/h2-9H,10-11H2,1H3,(H2,18,19,20). The zero-order valence-corrected chi connectivity index (χ0v) is 13.4. The highest BCUT2D eigenvalue weighted by molar-refractivity contribution is 6.31. The van der Waals surface area contributed by atoms with Crippen LogP contribution in [0.15, 0.2) is 53.5 Å². The van der Waals surface area contributed by atoms with Crippen LogP contribution >= 0.6 is 11.6 Å². The molecule has 0 spiro atoms. The van der Waals surface area contributed by atoms with Gasteiger partial charge in [-0.3, -0.25) is 15.1 Å². The summed E-state index contributed by atoms with van der Waals surface area (Å²) in [6.45, 7) is 0.815. The lowest BCUT2D eigenvalue weighted by atomic mass is 10.2. The van der Waals surface area contributed by atoms with Crippen molar-refractivity contribution in [2.75, 3.05) is 7.05 Å². The Bertz CT molecular complexity index is 719. The summed E-state index contributed by atoms with van der Waals surface area (Å²) >= 11 is 6.10. The third kappa shape index (κ3) is 4.69. The number of hydrogen-bond acceptors (Lipinski definition) is 3. The number of nitro groups is 1. The van der Waals surface area contributed by atoms with E-state index < -0.39 is 4.92 Å². The number of aliphatic imine (C=N–C) groups is 1. The summed E-state index contributed by atoms with van der Waals surface area (Å²) in [4.78, 5) is 14.7. The largest absolute Gasteiger partial charge is 0.352 e. The predicted molar refractivity (Wildman–Crippen MR) is 91.6 cm³/mol. The molecule has 0 unspecified atom stereocenters. The number of nitro benzene ring substituents is 1. The van der Waals surface area contributed by atoms with Gasteiger partial charge in [0, 0.05) is 36.8 Å². The molecule has 0 atom stereocenters. The average molecular weight is 333 g/mol. The first-order valence-electron chi connectivity index (χ1n) is 7.02. The molecule has 0 saturated heterocycles. The first-order chi connectivity index (χ1) is 11.1. The number of nitrogens with zero attached hydrogens (tertiary/aromatic N) is 2. The molecule has 0 aliphatic heterocycles. The molecule has 0 saturated carbocycles.